The highest BCUT2D eigenvalue weighted by Gasteiger charge is 2.31. The van der Waals surface area contributed by atoms with Crippen LogP contribution in [-0.2, 0) is 4.79 Å². The van der Waals surface area contributed by atoms with Crippen LogP contribution < -0.4 is 5.32 Å². The van der Waals surface area contributed by atoms with Crippen LogP contribution in [-0.4, -0.2) is 23.2 Å². The van der Waals surface area contributed by atoms with Gasteiger partial charge >= 0.3 is 5.97 Å². The summed E-state index contributed by atoms with van der Waals surface area (Å²) in [7, 11) is 0. The highest BCUT2D eigenvalue weighted by atomic mass is 79.9. The molecule has 92 valence electrons. The molecule has 0 heterocycles. The van der Waals surface area contributed by atoms with Crippen LogP contribution in [0, 0.1) is 0 Å². The fraction of sp³-hybridized carbons (Fsp3) is 0.462. The molecule has 1 aromatic carbocycles. The summed E-state index contributed by atoms with van der Waals surface area (Å²) in [4.78, 5) is 10.7. The first-order valence-corrected chi connectivity index (χ1v) is 6.60. The third-order valence-corrected chi connectivity index (χ3v) is 3.86. The predicted octanol–water partition coefficient (Wildman–Crippen LogP) is 2.76. The molecule has 2 rings (SSSR count). The molecule has 1 aliphatic rings. The zero-order valence-electron chi connectivity index (χ0n) is 9.69. The van der Waals surface area contributed by atoms with Crippen molar-refractivity contribution in [1.29, 1.82) is 0 Å². The number of hydrogen-bond acceptors (Lipinski definition) is 2. The van der Waals surface area contributed by atoms with Gasteiger partial charge in [-0.3, -0.25) is 4.79 Å². The number of nitrogens with one attached hydrogen (secondary N) is 1. The molecule has 3 nitrogen and oxygen atoms in total. The Balaban J connectivity index is 1.83. The van der Waals surface area contributed by atoms with Gasteiger partial charge in [-0.25, -0.2) is 0 Å². The van der Waals surface area contributed by atoms with Gasteiger partial charge in [0, 0.05) is 10.5 Å². The summed E-state index contributed by atoms with van der Waals surface area (Å²) in [5.41, 5.74) is 1.34. The summed E-state index contributed by atoms with van der Waals surface area (Å²) in [6.07, 6.45) is 2.05. The molecule has 2 N–H and O–H groups in total. The molecule has 17 heavy (non-hydrogen) atoms. The highest BCUT2D eigenvalue weighted by molar-refractivity contribution is 9.10. The molecule has 1 saturated carbocycles. The topological polar surface area (TPSA) is 49.3 Å². The lowest BCUT2D eigenvalue weighted by Gasteiger charge is -2.37. The van der Waals surface area contributed by atoms with Crippen LogP contribution in [0.25, 0.3) is 0 Å². The van der Waals surface area contributed by atoms with Gasteiger partial charge in [0.25, 0.3) is 0 Å². The third kappa shape index (κ3) is 3.07. The molecule has 4 heteroatoms. The summed E-state index contributed by atoms with van der Waals surface area (Å²) < 4.78 is 1.09. The van der Waals surface area contributed by atoms with Crippen LogP contribution in [0.4, 0.5) is 0 Å². The lowest BCUT2D eigenvalue weighted by molar-refractivity contribution is -0.139. The smallest absolute Gasteiger partial charge is 0.320 e. The fourth-order valence-electron chi connectivity index (χ4n) is 2.19. The summed E-state index contributed by atoms with van der Waals surface area (Å²) >= 11 is 3.42. The number of carbonyl (C=O) groups is 1. The summed E-state index contributed by atoms with van der Waals surface area (Å²) in [6.45, 7) is 1.69. The summed E-state index contributed by atoms with van der Waals surface area (Å²) in [5, 5.41) is 11.9. The highest BCUT2D eigenvalue weighted by Crippen LogP contribution is 2.37. The van der Waals surface area contributed by atoms with Gasteiger partial charge in [-0.2, -0.15) is 0 Å². The molecule has 1 aliphatic carbocycles. The average molecular weight is 298 g/mol. The van der Waals surface area contributed by atoms with Crippen molar-refractivity contribution in [2.24, 2.45) is 0 Å². The maximum Gasteiger partial charge on any atom is 0.320 e. The zero-order valence-corrected chi connectivity index (χ0v) is 11.3. The lowest BCUT2D eigenvalue weighted by atomic mass is 9.75. The predicted molar refractivity (Wildman–Crippen MR) is 70.1 cm³/mol. The van der Waals surface area contributed by atoms with Gasteiger partial charge in [-0.15, -0.1) is 0 Å². The normalized spacial score (nSPS) is 25.1. The van der Waals surface area contributed by atoms with E-state index in [9.17, 15) is 4.79 Å². The van der Waals surface area contributed by atoms with Gasteiger partial charge in [-0.05, 0) is 43.4 Å². The second-order valence-corrected chi connectivity index (χ2v) is 5.56. The molecular weight excluding hydrogens is 282 g/mol. The van der Waals surface area contributed by atoms with Gasteiger partial charge in [-0.1, -0.05) is 28.1 Å². The molecule has 0 unspecified atom stereocenters. The Morgan fingerprint density at radius 2 is 2.00 bits per heavy atom. The van der Waals surface area contributed by atoms with E-state index < -0.39 is 12.0 Å². The SMILES string of the molecule is C[C@@H](NC1CC(c2ccc(Br)cc2)C1)C(=O)O. The van der Waals surface area contributed by atoms with Crippen molar-refractivity contribution in [1.82, 2.24) is 5.32 Å². The van der Waals surface area contributed by atoms with Crippen molar-refractivity contribution >= 4 is 21.9 Å². The number of aliphatic carboxylic acids is 1. The maximum atomic E-state index is 10.7. The molecule has 0 spiro atoms. The first kappa shape index (κ1) is 12.6. The van der Waals surface area contributed by atoms with E-state index in [1.54, 1.807) is 6.92 Å². The van der Waals surface area contributed by atoms with Crippen molar-refractivity contribution in [3.63, 3.8) is 0 Å². The largest absolute Gasteiger partial charge is 0.480 e. The number of benzene rings is 1. The average Bonchev–Trinajstić information content (AvgIpc) is 2.24. The van der Waals surface area contributed by atoms with Crippen LogP contribution in [0.2, 0.25) is 0 Å². The van der Waals surface area contributed by atoms with Crippen molar-refractivity contribution in [2.45, 2.75) is 37.8 Å². The van der Waals surface area contributed by atoms with E-state index in [2.05, 4.69) is 45.5 Å². The minimum absolute atomic E-state index is 0.342. The Bertz CT molecular complexity index is 398. The van der Waals surface area contributed by atoms with Crippen molar-refractivity contribution in [3.8, 4) is 0 Å². The molecule has 1 fully saturated rings. The second-order valence-electron chi connectivity index (χ2n) is 4.64. The van der Waals surface area contributed by atoms with Gasteiger partial charge < -0.3 is 10.4 Å². The zero-order chi connectivity index (χ0) is 12.4. The van der Waals surface area contributed by atoms with Gasteiger partial charge in [0.15, 0.2) is 0 Å². The molecule has 0 bridgehead atoms. The number of hydrogen-bond donors (Lipinski definition) is 2. The Morgan fingerprint density at radius 1 is 1.41 bits per heavy atom. The monoisotopic (exact) mass is 297 g/mol. The molecular formula is C13H16BrNO2. The molecule has 0 amide bonds. The van der Waals surface area contributed by atoms with Gasteiger partial charge in [0.1, 0.15) is 6.04 Å². The van der Waals surface area contributed by atoms with Crippen LogP contribution in [0.5, 0.6) is 0 Å². The van der Waals surface area contributed by atoms with E-state index in [1.807, 2.05) is 0 Å². The van der Waals surface area contributed by atoms with Crippen molar-refractivity contribution < 1.29 is 9.90 Å². The van der Waals surface area contributed by atoms with E-state index in [0.717, 1.165) is 17.3 Å². The minimum Gasteiger partial charge on any atom is -0.480 e. The van der Waals surface area contributed by atoms with Crippen molar-refractivity contribution in [3.05, 3.63) is 34.3 Å². The lowest BCUT2D eigenvalue weighted by Crippen LogP contribution is -2.47. The summed E-state index contributed by atoms with van der Waals surface area (Å²) in [5.74, 6) is -0.210. The molecule has 0 aliphatic heterocycles. The molecule has 0 saturated heterocycles. The number of rotatable bonds is 4. The van der Waals surface area contributed by atoms with Gasteiger partial charge in [0.05, 0.1) is 0 Å². The Hall–Kier alpha value is -0.870. The number of carboxylic acids is 1. The summed E-state index contributed by atoms with van der Waals surface area (Å²) in [6, 6.07) is 8.25. The number of carboxylic acid groups (broad SMARTS) is 1. The van der Waals surface area contributed by atoms with E-state index in [0.29, 0.717) is 12.0 Å². The Kier molecular flexibility index (Phi) is 3.84. The van der Waals surface area contributed by atoms with Crippen LogP contribution in [0.1, 0.15) is 31.2 Å². The van der Waals surface area contributed by atoms with Crippen LogP contribution >= 0.6 is 15.9 Å². The van der Waals surface area contributed by atoms with E-state index in [1.165, 1.54) is 5.56 Å². The van der Waals surface area contributed by atoms with Gasteiger partial charge in [0.2, 0.25) is 0 Å². The second kappa shape index (κ2) is 5.19. The Morgan fingerprint density at radius 3 is 2.53 bits per heavy atom. The van der Waals surface area contributed by atoms with E-state index >= 15 is 0 Å². The Labute approximate surface area is 109 Å². The fourth-order valence-corrected chi connectivity index (χ4v) is 2.45. The van der Waals surface area contributed by atoms with Crippen LogP contribution in [0.3, 0.4) is 0 Å². The molecule has 1 atom stereocenters. The molecule has 1 aromatic rings. The van der Waals surface area contributed by atoms with Crippen LogP contribution in [0.15, 0.2) is 28.7 Å². The third-order valence-electron chi connectivity index (χ3n) is 3.34. The number of halogens is 1. The minimum atomic E-state index is -0.780. The quantitative estimate of drug-likeness (QED) is 0.898. The standard InChI is InChI=1S/C13H16BrNO2/c1-8(13(16)17)15-12-6-10(7-12)9-2-4-11(14)5-3-9/h2-5,8,10,12,15H,6-7H2,1H3,(H,16,17)/t8-,10?,12?/m1/s1. The molecule has 0 aromatic heterocycles. The van der Waals surface area contributed by atoms with E-state index in [-0.39, 0.29) is 0 Å². The molecule has 0 radical (unpaired) electrons. The van der Waals surface area contributed by atoms with Crippen molar-refractivity contribution in [2.75, 3.05) is 0 Å². The first-order valence-electron chi connectivity index (χ1n) is 5.80. The van der Waals surface area contributed by atoms with E-state index in [4.69, 9.17) is 5.11 Å². The maximum absolute atomic E-state index is 10.7. The first-order chi connectivity index (χ1) is 8.06.